The van der Waals surface area contributed by atoms with Crippen molar-refractivity contribution in [3.8, 4) is 0 Å². The molecular formula is C15H29NOS. The van der Waals surface area contributed by atoms with Gasteiger partial charge in [0, 0.05) is 18.4 Å². The van der Waals surface area contributed by atoms with Crippen LogP contribution in [0.1, 0.15) is 46.5 Å². The van der Waals surface area contributed by atoms with E-state index in [9.17, 15) is 0 Å². The number of nitrogens with one attached hydrogen (secondary N) is 1. The van der Waals surface area contributed by atoms with Gasteiger partial charge in [-0.1, -0.05) is 20.8 Å². The van der Waals surface area contributed by atoms with Crippen molar-refractivity contribution >= 4 is 11.8 Å². The maximum Gasteiger partial charge on any atom is 0.0783 e. The van der Waals surface area contributed by atoms with E-state index in [0.29, 0.717) is 11.5 Å². The lowest BCUT2D eigenvalue weighted by molar-refractivity contribution is -0.0919. The van der Waals surface area contributed by atoms with Crippen LogP contribution in [0.25, 0.3) is 0 Å². The Morgan fingerprint density at radius 1 is 1.50 bits per heavy atom. The molecule has 0 bridgehead atoms. The van der Waals surface area contributed by atoms with Crippen molar-refractivity contribution in [2.45, 2.75) is 58.1 Å². The predicted octanol–water partition coefficient (Wildman–Crippen LogP) is 3.31. The summed E-state index contributed by atoms with van der Waals surface area (Å²) in [5.41, 5.74) is 0.593. The standard InChI is InChI=1S/C15H29NOS/c1-5-14(2,3)13(16-4)12-6-8-17-15(10-12)7-9-18-11-15/h12-13,16H,5-11H2,1-4H3. The van der Waals surface area contributed by atoms with Crippen molar-refractivity contribution in [2.75, 3.05) is 25.2 Å². The second-order valence-electron chi connectivity index (χ2n) is 6.70. The molecule has 0 amide bonds. The number of hydrogen-bond acceptors (Lipinski definition) is 3. The van der Waals surface area contributed by atoms with Crippen LogP contribution in [0.5, 0.6) is 0 Å². The number of ether oxygens (including phenoxy) is 1. The van der Waals surface area contributed by atoms with Gasteiger partial charge in [0.2, 0.25) is 0 Å². The lowest BCUT2D eigenvalue weighted by Crippen LogP contribution is -2.51. The number of hydrogen-bond donors (Lipinski definition) is 1. The van der Waals surface area contributed by atoms with E-state index in [4.69, 9.17) is 4.74 Å². The summed E-state index contributed by atoms with van der Waals surface area (Å²) < 4.78 is 6.15. The van der Waals surface area contributed by atoms with E-state index in [1.54, 1.807) is 0 Å². The Hall–Kier alpha value is 0.270. The average molecular weight is 271 g/mol. The van der Waals surface area contributed by atoms with E-state index in [-0.39, 0.29) is 5.60 Å². The first-order valence-corrected chi connectivity index (χ1v) is 8.57. The number of thioether (sulfide) groups is 1. The molecule has 106 valence electrons. The van der Waals surface area contributed by atoms with Crippen LogP contribution in [0.15, 0.2) is 0 Å². The second kappa shape index (κ2) is 5.72. The Balaban J connectivity index is 2.07. The Labute approximate surface area is 117 Å². The minimum atomic E-state index is 0.215. The molecular weight excluding hydrogens is 242 g/mol. The summed E-state index contributed by atoms with van der Waals surface area (Å²) in [4.78, 5) is 0. The summed E-state index contributed by atoms with van der Waals surface area (Å²) in [5.74, 6) is 3.28. The van der Waals surface area contributed by atoms with E-state index in [1.165, 1.54) is 37.2 Å². The van der Waals surface area contributed by atoms with Crippen LogP contribution in [-0.4, -0.2) is 36.8 Å². The monoisotopic (exact) mass is 271 g/mol. The Bertz CT molecular complexity index is 274. The molecule has 1 N–H and O–H groups in total. The van der Waals surface area contributed by atoms with E-state index in [0.717, 1.165) is 12.5 Å². The van der Waals surface area contributed by atoms with Gasteiger partial charge in [-0.25, -0.2) is 0 Å². The molecule has 18 heavy (non-hydrogen) atoms. The summed E-state index contributed by atoms with van der Waals surface area (Å²) in [5, 5.41) is 3.61. The van der Waals surface area contributed by atoms with Crippen LogP contribution in [0.4, 0.5) is 0 Å². The van der Waals surface area contributed by atoms with Gasteiger partial charge in [0.15, 0.2) is 0 Å². The third-order valence-electron chi connectivity index (χ3n) is 5.13. The molecule has 1 spiro atoms. The minimum Gasteiger partial charge on any atom is -0.374 e. The van der Waals surface area contributed by atoms with Gasteiger partial charge in [0.05, 0.1) is 5.60 Å². The molecule has 3 heteroatoms. The molecule has 2 heterocycles. The maximum atomic E-state index is 6.15. The highest BCUT2D eigenvalue weighted by atomic mass is 32.2. The smallest absolute Gasteiger partial charge is 0.0783 e. The number of rotatable bonds is 4. The van der Waals surface area contributed by atoms with Gasteiger partial charge in [-0.15, -0.1) is 0 Å². The van der Waals surface area contributed by atoms with Gasteiger partial charge in [-0.3, -0.25) is 0 Å². The summed E-state index contributed by atoms with van der Waals surface area (Å²) in [7, 11) is 2.13. The van der Waals surface area contributed by atoms with Gasteiger partial charge >= 0.3 is 0 Å². The van der Waals surface area contributed by atoms with E-state index >= 15 is 0 Å². The van der Waals surface area contributed by atoms with Crippen molar-refractivity contribution in [1.82, 2.24) is 5.32 Å². The van der Waals surface area contributed by atoms with Crippen LogP contribution in [-0.2, 0) is 4.74 Å². The fourth-order valence-electron chi connectivity index (χ4n) is 3.70. The first-order chi connectivity index (χ1) is 8.53. The Kier molecular flexibility index (Phi) is 4.66. The topological polar surface area (TPSA) is 21.3 Å². The van der Waals surface area contributed by atoms with Crippen LogP contribution < -0.4 is 5.32 Å². The molecule has 0 saturated carbocycles. The lowest BCUT2D eigenvalue weighted by atomic mass is 9.70. The van der Waals surface area contributed by atoms with E-state index in [1.807, 2.05) is 0 Å². The zero-order chi connectivity index (χ0) is 13.2. The zero-order valence-electron chi connectivity index (χ0n) is 12.4. The maximum absolute atomic E-state index is 6.15. The quantitative estimate of drug-likeness (QED) is 0.847. The van der Waals surface area contributed by atoms with Gasteiger partial charge in [0.1, 0.15) is 0 Å². The summed E-state index contributed by atoms with van der Waals surface area (Å²) in [6.07, 6.45) is 4.98. The predicted molar refractivity (Wildman–Crippen MR) is 80.3 cm³/mol. The second-order valence-corrected chi connectivity index (χ2v) is 7.80. The third kappa shape index (κ3) is 2.88. The van der Waals surface area contributed by atoms with Gasteiger partial charge in [0.25, 0.3) is 0 Å². The van der Waals surface area contributed by atoms with Gasteiger partial charge in [-0.2, -0.15) is 11.8 Å². The molecule has 0 radical (unpaired) electrons. The highest BCUT2D eigenvalue weighted by molar-refractivity contribution is 7.99. The van der Waals surface area contributed by atoms with Crippen molar-refractivity contribution < 1.29 is 4.74 Å². The van der Waals surface area contributed by atoms with E-state index in [2.05, 4.69) is 44.9 Å². The molecule has 0 aromatic rings. The van der Waals surface area contributed by atoms with Gasteiger partial charge in [-0.05, 0) is 49.8 Å². The van der Waals surface area contributed by atoms with Crippen molar-refractivity contribution in [2.24, 2.45) is 11.3 Å². The lowest BCUT2D eigenvalue weighted by Gasteiger charge is -2.45. The van der Waals surface area contributed by atoms with Crippen LogP contribution in [0.3, 0.4) is 0 Å². The first-order valence-electron chi connectivity index (χ1n) is 7.42. The highest BCUT2D eigenvalue weighted by Gasteiger charge is 2.44. The first kappa shape index (κ1) is 14.7. The molecule has 3 unspecified atom stereocenters. The SMILES string of the molecule is CCC(C)(C)C(NC)C1CCOC2(CCSC2)C1. The van der Waals surface area contributed by atoms with Crippen molar-refractivity contribution in [3.05, 3.63) is 0 Å². The van der Waals surface area contributed by atoms with E-state index < -0.39 is 0 Å². The largest absolute Gasteiger partial charge is 0.374 e. The van der Waals surface area contributed by atoms with Crippen LogP contribution >= 0.6 is 11.8 Å². The summed E-state index contributed by atoms with van der Waals surface area (Å²) >= 11 is 2.07. The van der Waals surface area contributed by atoms with Crippen molar-refractivity contribution in [1.29, 1.82) is 0 Å². The minimum absolute atomic E-state index is 0.215. The normalized spacial score (nSPS) is 35.0. The molecule has 3 atom stereocenters. The fourth-order valence-corrected chi connectivity index (χ4v) is 5.08. The summed E-state index contributed by atoms with van der Waals surface area (Å²) in [6.45, 7) is 8.08. The molecule has 2 saturated heterocycles. The molecule has 2 rings (SSSR count). The molecule has 2 fully saturated rings. The van der Waals surface area contributed by atoms with Crippen molar-refractivity contribution in [3.63, 3.8) is 0 Å². The average Bonchev–Trinajstić information content (AvgIpc) is 2.78. The highest BCUT2D eigenvalue weighted by Crippen LogP contribution is 2.44. The van der Waals surface area contributed by atoms with Crippen LogP contribution in [0.2, 0.25) is 0 Å². The Morgan fingerprint density at radius 3 is 2.83 bits per heavy atom. The Morgan fingerprint density at radius 2 is 2.28 bits per heavy atom. The fraction of sp³-hybridized carbons (Fsp3) is 1.00. The molecule has 0 aromatic carbocycles. The molecule has 0 aromatic heterocycles. The van der Waals surface area contributed by atoms with Crippen LogP contribution in [0, 0.1) is 11.3 Å². The van der Waals surface area contributed by atoms with Gasteiger partial charge < -0.3 is 10.1 Å². The summed E-state index contributed by atoms with van der Waals surface area (Å²) in [6, 6.07) is 0.619. The molecule has 2 aliphatic heterocycles. The zero-order valence-corrected chi connectivity index (χ0v) is 13.2. The molecule has 0 aliphatic carbocycles. The molecule has 2 nitrogen and oxygen atoms in total. The molecule has 2 aliphatic rings. The third-order valence-corrected chi connectivity index (χ3v) is 6.36.